The van der Waals surface area contributed by atoms with Crippen molar-refractivity contribution in [2.24, 2.45) is 0 Å². The summed E-state index contributed by atoms with van der Waals surface area (Å²) in [6.07, 6.45) is -5.55. The van der Waals surface area contributed by atoms with E-state index in [9.17, 15) is 22.0 Å². The second-order valence-electron chi connectivity index (χ2n) is 3.45. The summed E-state index contributed by atoms with van der Waals surface area (Å²) in [5, 5.41) is -0.304. The van der Waals surface area contributed by atoms with Crippen LogP contribution in [-0.2, 0) is 0 Å². The second-order valence-corrected chi connectivity index (χ2v) is 6.20. The van der Waals surface area contributed by atoms with Crippen molar-refractivity contribution in [2.45, 2.75) is 23.2 Å². The predicted octanol–water partition coefficient (Wildman–Crippen LogP) is 3.81. The Kier molecular flexibility index (Phi) is 4.39. The molecule has 17 heavy (non-hydrogen) atoms. The van der Waals surface area contributed by atoms with Gasteiger partial charge in [-0.1, -0.05) is 30.4 Å². The minimum Gasteiger partial charge on any atom is -0.639 e. The first kappa shape index (κ1) is 14.3. The van der Waals surface area contributed by atoms with Gasteiger partial charge >= 0.3 is 25.4 Å². The molecule has 0 N–H and O–H groups in total. The lowest BCUT2D eigenvalue weighted by Crippen LogP contribution is -2.53. The maximum Gasteiger partial charge on any atom is 0.653 e. The lowest BCUT2D eigenvalue weighted by molar-refractivity contribution is -0.248. The molecular formula is C10H10AlF5O. The van der Waals surface area contributed by atoms with Gasteiger partial charge in [0.2, 0.25) is 0 Å². The molecular weight excluding hydrogens is 258 g/mol. The molecule has 0 aromatic heterocycles. The minimum absolute atomic E-state index is 0.0509. The van der Waals surface area contributed by atoms with Crippen molar-refractivity contribution in [1.29, 1.82) is 0 Å². The van der Waals surface area contributed by atoms with Crippen molar-refractivity contribution in [1.82, 2.24) is 0 Å². The lowest BCUT2D eigenvalue weighted by atomic mass is 10.3. The SMILES string of the molecule is C[CH2][Al]([O]c1ccccc1)[C](F)(F)C(F)(F)F. The molecule has 1 nitrogen and oxygen atoms in total. The molecule has 0 heterocycles. The molecule has 0 spiro atoms. The van der Waals surface area contributed by atoms with Gasteiger partial charge in [0.15, 0.2) is 0 Å². The summed E-state index contributed by atoms with van der Waals surface area (Å²) in [5.41, 5.74) is 0. The highest BCUT2D eigenvalue weighted by molar-refractivity contribution is 6.55. The average molecular weight is 268 g/mol. The number of para-hydroxylation sites is 1. The Labute approximate surface area is 99.9 Å². The Morgan fingerprint density at radius 3 is 2.00 bits per heavy atom. The summed E-state index contributed by atoms with van der Waals surface area (Å²) < 4.78 is 67.5. The predicted molar refractivity (Wildman–Crippen MR) is 54.3 cm³/mol. The Morgan fingerprint density at radius 2 is 1.59 bits per heavy atom. The summed E-state index contributed by atoms with van der Waals surface area (Å²) in [4.78, 5) is -4.72. The Hall–Kier alpha value is -0.798. The van der Waals surface area contributed by atoms with Crippen molar-refractivity contribution in [3.05, 3.63) is 30.3 Å². The van der Waals surface area contributed by atoms with E-state index in [-0.39, 0.29) is 11.0 Å². The third-order valence-electron chi connectivity index (χ3n) is 2.17. The van der Waals surface area contributed by atoms with Gasteiger partial charge < -0.3 is 3.79 Å². The zero-order valence-electron chi connectivity index (χ0n) is 8.97. The first-order valence-electron chi connectivity index (χ1n) is 4.95. The van der Waals surface area contributed by atoms with E-state index >= 15 is 0 Å². The summed E-state index contributed by atoms with van der Waals surface area (Å²) in [7, 11) is 0. The van der Waals surface area contributed by atoms with Gasteiger partial charge in [0.25, 0.3) is 0 Å². The Balaban J connectivity index is 2.86. The molecule has 0 aliphatic heterocycles. The zero-order valence-corrected chi connectivity index (χ0v) is 10.1. The van der Waals surface area contributed by atoms with Crippen molar-refractivity contribution in [3.8, 4) is 5.75 Å². The fourth-order valence-corrected chi connectivity index (χ4v) is 2.94. The fraction of sp³-hybridized carbons (Fsp3) is 0.400. The van der Waals surface area contributed by atoms with E-state index in [1.54, 1.807) is 6.07 Å². The van der Waals surface area contributed by atoms with Gasteiger partial charge in [-0.2, -0.15) is 13.2 Å². The highest BCUT2D eigenvalue weighted by Gasteiger charge is 2.68. The van der Waals surface area contributed by atoms with Crippen molar-refractivity contribution in [3.63, 3.8) is 0 Å². The van der Waals surface area contributed by atoms with Gasteiger partial charge in [-0.25, -0.2) is 8.78 Å². The highest BCUT2D eigenvalue weighted by Crippen LogP contribution is 2.39. The number of benzene rings is 1. The third kappa shape index (κ3) is 3.33. The van der Waals surface area contributed by atoms with Gasteiger partial charge in [0.05, 0.1) is 5.75 Å². The molecule has 0 amide bonds. The van der Waals surface area contributed by atoms with Crippen LogP contribution in [0.3, 0.4) is 0 Å². The fourth-order valence-electron chi connectivity index (χ4n) is 1.26. The van der Waals surface area contributed by atoms with E-state index in [1.165, 1.54) is 31.2 Å². The van der Waals surface area contributed by atoms with Gasteiger partial charge in [-0.05, 0) is 12.1 Å². The van der Waals surface area contributed by atoms with Crippen LogP contribution in [0.1, 0.15) is 6.92 Å². The van der Waals surface area contributed by atoms with Gasteiger partial charge in [0.1, 0.15) is 0 Å². The molecule has 1 rings (SSSR count). The first-order valence-corrected chi connectivity index (χ1v) is 6.81. The lowest BCUT2D eigenvalue weighted by Gasteiger charge is -2.24. The number of hydrogen-bond donors (Lipinski definition) is 0. The van der Waals surface area contributed by atoms with Crippen LogP contribution in [0.25, 0.3) is 0 Å². The van der Waals surface area contributed by atoms with E-state index < -0.39 is 25.4 Å². The van der Waals surface area contributed by atoms with Crippen LogP contribution in [-0.4, -0.2) is 25.4 Å². The van der Waals surface area contributed by atoms with Crippen molar-refractivity contribution >= 4 is 14.5 Å². The Bertz CT molecular complexity index is 351. The quantitative estimate of drug-likeness (QED) is 0.596. The second kappa shape index (κ2) is 5.24. The third-order valence-corrected chi connectivity index (χ3v) is 4.61. The zero-order chi connectivity index (χ0) is 13.1. The molecule has 1 aromatic carbocycles. The molecule has 94 valence electrons. The van der Waals surface area contributed by atoms with E-state index in [4.69, 9.17) is 3.79 Å². The molecule has 0 aliphatic rings. The first-order chi connectivity index (χ1) is 7.79. The van der Waals surface area contributed by atoms with Crippen molar-refractivity contribution in [2.75, 3.05) is 0 Å². The van der Waals surface area contributed by atoms with Crippen molar-refractivity contribution < 1.29 is 25.7 Å². The number of hydrogen-bond acceptors (Lipinski definition) is 1. The van der Waals surface area contributed by atoms with Gasteiger partial charge in [0, 0.05) is 0 Å². The Morgan fingerprint density at radius 1 is 1.06 bits per heavy atom. The van der Waals surface area contributed by atoms with E-state index in [1.807, 2.05) is 0 Å². The van der Waals surface area contributed by atoms with E-state index in [0.717, 1.165) is 0 Å². The number of alkyl halides is 5. The molecule has 0 unspecified atom stereocenters. The average Bonchev–Trinajstić information content (AvgIpc) is 2.25. The highest BCUT2D eigenvalue weighted by atomic mass is 27.2. The van der Waals surface area contributed by atoms with Crippen LogP contribution in [0.15, 0.2) is 30.3 Å². The molecule has 1 aromatic rings. The maximum absolute atomic E-state index is 13.1. The van der Waals surface area contributed by atoms with E-state index in [2.05, 4.69) is 0 Å². The normalized spacial score (nSPS) is 12.4. The molecule has 0 saturated heterocycles. The molecule has 0 radical (unpaired) electrons. The smallest absolute Gasteiger partial charge is 0.639 e. The summed E-state index contributed by atoms with van der Waals surface area (Å²) in [6, 6.07) is 7.38. The number of rotatable bonds is 4. The summed E-state index contributed by atoms with van der Waals surface area (Å²) in [6.45, 7) is 1.28. The van der Waals surface area contributed by atoms with Crippen LogP contribution in [0.4, 0.5) is 22.0 Å². The van der Waals surface area contributed by atoms with Crippen LogP contribution in [0.2, 0.25) is 5.28 Å². The summed E-state index contributed by atoms with van der Waals surface area (Å²) in [5.74, 6) is 0.0509. The molecule has 0 aliphatic carbocycles. The molecule has 0 saturated carbocycles. The number of halogens is 5. The standard InChI is InChI=1S/C6H6O.C2F5.C2H5.Al/c7-6-4-2-1-3-5-6;3-1(4)2(5,6)7;1-2;/h1-5,7H;;1H2,2H3;/q;;;+1/p-1. The molecule has 0 bridgehead atoms. The van der Waals surface area contributed by atoms with Crippen LogP contribution < -0.4 is 3.79 Å². The van der Waals surface area contributed by atoms with Gasteiger partial charge in [-0.3, -0.25) is 0 Å². The minimum atomic E-state index is -5.55. The summed E-state index contributed by atoms with van der Waals surface area (Å²) >= 11 is -3.73. The molecule has 7 heteroatoms. The van der Waals surface area contributed by atoms with Crippen LogP contribution in [0, 0.1) is 0 Å². The van der Waals surface area contributed by atoms with Crippen LogP contribution >= 0.6 is 0 Å². The van der Waals surface area contributed by atoms with Crippen LogP contribution in [0.5, 0.6) is 5.75 Å². The molecule has 0 atom stereocenters. The maximum atomic E-state index is 13.1. The van der Waals surface area contributed by atoms with E-state index in [0.29, 0.717) is 0 Å². The topological polar surface area (TPSA) is 9.23 Å². The monoisotopic (exact) mass is 268 g/mol. The molecule has 0 fully saturated rings. The van der Waals surface area contributed by atoms with Gasteiger partial charge in [-0.15, -0.1) is 0 Å². The largest absolute Gasteiger partial charge is 0.653 e.